The molecule has 0 spiro atoms. The lowest BCUT2D eigenvalue weighted by Gasteiger charge is -2.41. The van der Waals surface area contributed by atoms with Crippen molar-refractivity contribution in [2.24, 2.45) is 0 Å². The summed E-state index contributed by atoms with van der Waals surface area (Å²) >= 11 is 0. The number of carbonyl (C=O) groups is 1. The van der Waals surface area contributed by atoms with Crippen molar-refractivity contribution in [1.29, 1.82) is 0 Å². The van der Waals surface area contributed by atoms with E-state index in [0.29, 0.717) is 6.42 Å². The van der Waals surface area contributed by atoms with Crippen LogP contribution in [-0.2, 0) is 14.0 Å². The maximum absolute atomic E-state index is 11.6. The minimum atomic E-state index is -2.09. The Morgan fingerprint density at radius 2 is 1.71 bits per heavy atom. The quantitative estimate of drug-likeness (QED) is 0.531. The Morgan fingerprint density at radius 1 is 1.19 bits per heavy atom. The summed E-state index contributed by atoms with van der Waals surface area (Å²) in [6, 6.07) is 0. The molecule has 0 rings (SSSR count). The molecule has 6 heteroatoms. The van der Waals surface area contributed by atoms with Gasteiger partial charge < -0.3 is 19.4 Å². The molecule has 0 saturated carbocycles. The van der Waals surface area contributed by atoms with Gasteiger partial charge >= 0.3 is 5.97 Å². The van der Waals surface area contributed by atoms with Crippen LogP contribution in [0.3, 0.4) is 0 Å². The van der Waals surface area contributed by atoms with Crippen LogP contribution in [0.2, 0.25) is 18.1 Å². The Morgan fingerprint density at radius 3 is 2.10 bits per heavy atom. The molecule has 0 aromatic heterocycles. The van der Waals surface area contributed by atoms with Crippen molar-refractivity contribution in [3.8, 4) is 0 Å². The van der Waals surface area contributed by atoms with E-state index < -0.39 is 32.6 Å². The predicted octanol–water partition coefficient (Wildman–Crippen LogP) is 2.46. The number of carbonyl (C=O) groups excluding carboxylic acids is 1. The molecule has 0 radical (unpaired) electrons. The van der Waals surface area contributed by atoms with Crippen LogP contribution in [-0.4, -0.2) is 49.4 Å². The third kappa shape index (κ3) is 6.06. The van der Waals surface area contributed by atoms with Crippen LogP contribution in [0.25, 0.3) is 0 Å². The van der Waals surface area contributed by atoms with Gasteiger partial charge in [0.05, 0.1) is 12.7 Å². The van der Waals surface area contributed by atoms with Gasteiger partial charge in [0, 0.05) is 0 Å². The fourth-order valence-corrected chi connectivity index (χ4v) is 3.08. The van der Waals surface area contributed by atoms with Crippen molar-refractivity contribution in [2.75, 3.05) is 6.61 Å². The first kappa shape index (κ1) is 20.6. The van der Waals surface area contributed by atoms with Gasteiger partial charge in [-0.15, -0.1) is 0 Å². The SMILES string of the molecule is CCC[C@@H](O[Si](C)(C)C(C)(C)C)[C@@H](O)[C@@H](O)C(=O)OCC. The van der Waals surface area contributed by atoms with E-state index in [0.717, 1.165) is 6.42 Å². The molecule has 0 aromatic rings. The summed E-state index contributed by atoms with van der Waals surface area (Å²) in [5, 5.41) is 20.2. The minimum absolute atomic E-state index is 0.00636. The summed E-state index contributed by atoms with van der Waals surface area (Å²) in [7, 11) is -2.09. The second kappa shape index (κ2) is 8.27. The Kier molecular flexibility index (Phi) is 8.10. The zero-order valence-corrected chi connectivity index (χ0v) is 15.5. The number of rotatable bonds is 8. The van der Waals surface area contributed by atoms with E-state index >= 15 is 0 Å². The molecule has 3 atom stereocenters. The highest BCUT2D eigenvalue weighted by atomic mass is 28.4. The lowest BCUT2D eigenvalue weighted by molar-refractivity contribution is -0.163. The first-order chi connectivity index (χ1) is 9.47. The highest BCUT2D eigenvalue weighted by Crippen LogP contribution is 2.38. The van der Waals surface area contributed by atoms with Crippen LogP contribution in [0.4, 0.5) is 0 Å². The highest BCUT2D eigenvalue weighted by Gasteiger charge is 2.42. The van der Waals surface area contributed by atoms with Crippen molar-refractivity contribution in [1.82, 2.24) is 0 Å². The molecular weight excluding hydrogens is 288 g/mol. The normalized spacial score (nSPS) is 17.2. The molecule has 0 saturated heterocycles. The number of aliphatic hydroxyl groups is 2. The smallest absolute Gasteiger partial charge is 0.337 e. The molecule has 0 heterocycles. The van der Waals surface area contributed by atoms with E-state index in [9.17, 15) is 15.0 Å². The van der Waals surface area contributed by atoms with Crippen molar-refractivity contribution >= 4 is 14.3 Å². The number of ether oxygens (including phenoxy) is 1. The molecule has 0 amide bonds. The van der Waals surface area contributed by atoms with E-state index in [1.807, 2.05) is 6.92 Å². The summed E-state index contributed by atoms with van der Waals surface area (Å²) < 4.78 is 10.9. The van der Waals surface area contributed by atoms with Gasteiger partial charge in [0.1, 0.15) is 6.10 Å². The van der Waals surface area contributed by atoms with E-state index in [2.05, 4.69) is 33.9 Å². The van der Waals surface area contributed by atoms with Crippen molar-refractivity contribution in [3.05, 3.63) is 0 Å². The monoisotopic (exact) mass is 320 g/mol. The molecule has 126 valence electrons. The van der Waals surface area contributed by atoms with Gasteiger partial charge in [0.25, 0.3) is 0 Å². The van der Waals surface area contributed by atoms with Gasteiger partial charge in [-0.05, 0) is 31.5 Å². The number of hydrogen-bond donors (Lipinski definition) is 2. The van der Waals surface area contributed by atoms with Gasteiger partial charge in [-0.25, -0.2) is 4.79 Å². The first-order valence-corrected chi connectivity index (χ1v) is 10.6. The van der Waals surface area contributed by atoms with Crippen LogP contribution in [0, 0.1) is 0 Å². The number of aliphatic hydroxyl groups excluding tert-OH is 2. The molecular formula is C15H32O5Si. The molecule has 2 N–H and O–H groups in total. The third-order valence-corrected chi connectivity index (χ3v) is 8.56. The average molecular weight is 321 g/mol. The molecule has 0 aromatic carbocycles. The molecule has 0 bridgehead atoms. The van der Waals surface area contributed by atoms with E-state index in [-0.39, 0.29) is 11.6 Å². The van der Waals surface area contributed by atoms with Crippen LogP contribution >= 0.6 is 0 Å². The third-order valence-electron chi connectivity index (χ3n) is 4.06. The Hall–Kier alpha value is -0.433. The van der Waals surface area contributed by atoms with E-state index in [1.54, 1.807) is 6.92 Å². The molecule has 0 unspecified atom stereocenters. The minimum Gasteiger partial charge on any atom is -0.464 e. The van der Waals surface area contributed by atoms with E-state index in [1.165, 1.54) is 0 Å². The molecule has 0 aliphatic carbocycles. The average Bonchev–Trinajstić information content (AvgIpc) is 2.35. The summed E-state index contributed by atoms with van der Waals surface area (Å²) in [4.78, 5) is 11.6. The predicted molar refractivity (Wildman–Crippen MR) is 85.6 cm³/mol. The molecule has 0 aliphatic rings. The maximum Gasteiger partial charge on any atom is 0.337 e. The van der Waals surface area contributed by atoms with Gasteiger partial charge in [-0.2, -0.15) is 0 Å². The van der Waals surface area contributed by atoms with Gasteiger partial charge in [-0.3, -0.25) is 0 Å². The summed E-state index contributed by atoms with van der Waals surface area (Å²) in [5.74, 6) is -0.801. The van der Waals surface area contributed by atoms with Crippen LogP contribution in [0.1, 0.15) is 47.5 Å². The lowest BCUT2D eigenvalue weighted by atomic mass is 10.0. The fourth-order valence-electron chi connectivity index (χ4n) is 1.71. The first-order valence-electron chi connectivity index (χ1n) is 7.68. The summed E-state index contributed by atoms with van der Waals surface area (Å²) in [6.07, 6.45) is -2.00. The van der Waals surface area contributed by atoms with Crippen molar-refractivity contribution in [2.45, 2.75) is 83.9 Å². The molecule has 21 heavy (non-hydrogen) atoms. The van der Waals surface area contributed by atoms with Gasteiger partial charge in [-0.1, -0.05) is 34.1 Å². The highest BCUT2D eigenvalue weighted by molar-refractivity contribution is 6.74. The largest absolute Gasteiger partial charge is 0.464 e. The second-order valence-electron chi connectivity index (χ2n) is 6.89. The number of hydrogen-bond acceptors (Lipinski definition) is 5. The Bertz CT molecular complexity index is 325. The molecule has 5 nitrogen and oxygen atoms in total. The lowest BCUT2D eigenvalue weighted by Crippen LogP contribution is -2.51. The summed E-state index contributed by atoms with van der Waals surface area (Å²) in [5.41, 5.74) is 0. The van der Waals surface area contributed by atoms with Crippen molar-refractivity contribution < 1.29 is 24.2 Å². The molecule has 0 fully saturated rings. The topological polar surface area (TPSA) is 76.0 Å². The summed E-state index contributed by atoms with van der Waals surface area (Å²) in [6.45, 7) is 14.3. The molecule has 0 aliphatic heterocycles. The maximum atomic E-state index is 11.6. The standard InChI is InChI=1S/C15H32O5Si/c1-8-10-11(20-21(6,7)15(3,4)5)12(16)13(17)14(18)19-9-2/h11-13,16-17H,8-10H2,1-7H3/t11-,12-,13-/m1/s1. The van der Waals surface area contributed by atoms with Crippen molar-refractivity contribution in [3.63, 3.8) is 0 Å². The van der Waals surface area contributed by atoms with Crippen LogP contribution in [0.5, 0.6) is 0 Å². The van der Waals surface area contributed by atoms with Crippen LogP contribution < -0.4 is 0 Å². The zero-order valence-electron chi connectivity index (χ0n) is 14.5. The van der Waals surface area contributed by atoms with Gasteiger partial charge in [0.2, 0.25) is 0 Å². The fraction of sp³-hybridized carbons (Fsp3) is 0.933. The van der Waals surface area contributed by atoms with Gasteiger partial charge in [0.15, 0.2) is 14.4 Å². The van der Waals surface area contributed by atoms with E-state index in [4.69, 9.17) is 9.16 Å². The Labute approximate surface area is 129 Å². The van der Waals surface area contributed by atoms with Crippen LogP contribution in [0.15, 0.2) is 0 Å². The zero-order chi connectivity index (χ0) is 16.8. The number of esters is 1. The second-order valence-corrected chi connectivity index (χ2v) is 11.6. The Balaban J connectivity index is 5.01.